The number of halogens is 1. The summed E-state index contributed by atoms with van der Waals surface area (Å²) in [5, 5.41) is 7.40. The fourth-order valence-corrected chi connectivity index (χ4v) is 3.53. The van der Waals surface area contributed by atoms with Crippen LogP contribution in [0.3, 0.4) is 0 Å². The molecular formula is C18H18ClN5O. The lowest BCUT2D eigenvalue weighted by molar-refractivity contribution is 0.0904. The molecule has 1 saturated carbocycles. The number of hydrogen-bond donors (Lipinski definition) is 3. The number of amides is 1. The molecule has 0 unspecified atom stereocenters. The molecule has 0 radical (unpaired) electrons. The molecule has 0 spiro atoms. The second-order valence-electron chi connectivity index (χ2n) is 6.28. The molecule has 3 N–H and O–H groups in total. The number of carbonyl (C=O) groups is 1. The molecule has 6 nitrogen and oxygen atoms in total. The molecule has 1 aliphatic carbocycles. The molecule has 4 rings (SSSR count). The summed E-state index contributed by atoms with van der Waals surface area (Å²) in [7, 11) is 1.83. The summed E-state index contributed by atoms with van der Waals surface area (Å²) in [6.07, 6.45) is 3.30. The van der Waals surface area contributed by atoms with Crippen LogP contribution in [0, 0.1) is 0 Å². The third-order valence-corrected chi connectivity index (χ3v) is 5.10. The van der Waals surface area contributed by atoms with Crippen LogP contribution in [-0.4, -0.2) is 33.9 Å². The number of hydrogen-bond acceptors (Lipinski definition) is 4. The van der Waals surface area contributed by atoms with Crippen molar-refractivity contribution in [2.45, 2.75) is 24.8 Å². The minimum Gasteiger partial charge on any atom is -0.373 e. The first kappa shape index (κ1) is 15.9. The monoisotopic (exact) mass is 355 g/mol. The van der Waals surface area contributed by atoms with Crippen molar-refractivity contribution in [3.05, 3.63) is 53.1 Å². The van der Waals surface area contributed by atoms with Gasteiger partial charge >= 0.3 is 0 Å². The van der Waals surface area contributed by atoms with Crippen LogP contribution in [0.2, 0.25) is 5.02 Å². The van der Waals surface area contributed by atoms with Crippen molar-refractivity contribution in [1.82, 2.24) is 20.3 Å². The number of nitrogens with zero attached hydrogens (tertiary/aromatic N) is 2. The standard InChI is InChI=1S/C18H18ClN5O/c1-20-15-8-14(21-9-22-15)10-6-11(7-10)23-18(25)17-16(19)12-4-2-3-5-13(12)24-17/h2-5,8-11,24H,6-7H2,1H3,(H,23,25)(H,20,21,22). The van der Waals surface area contributed by atoms with Gasteiger partial charge in [0.25, 0.3) is 5.91 Å². The Morgan fingerprint density at radius 1 is 1.28 bits per heavy atom. The van der Waals surface area contributed by atoms with Crippen LogP contribution in [0.1, 0.15) is 34.9 Å². The fraction of sp³-hybridized carbons (Fsp3) is 0.278. The molecular weight excluding hydrogens is 338 g/mol. The maximum Gasteiger partial charge on any atom is 0.269 e. The molecule has 0 bridgehead atoms. The molecule has 25 heavy (non-hydrogen) atoms. The van der Waals surface area contributed by atoms with E-state index in [1.54, 1.807) is 6.33 Å². The number of fused-ring (bicyclic) bond motifs is 1. The summed E-state index contributed by atoms with van der Waals surface area (Å²) in [6, 6.07) is 9.71. The summed E-state index contributed by atoms with van der Waals surface area (Å²) in [5.74, 6) is 0.990. The molecule has 0 aliphatic heterocycles. The minimum atomic E-state index is -0.164. The van der Waals surface area contributed by atoms with E-state index < -0.39 is 0 Å². The second kappa shape index (κ2) is 6.37. The van der Waals surface area contributed by atoms with Gasteiger partial charge in [-0.1, -0.05) is 29.8 Å². The van der Waals surface area contributed by atoms with Gasteiger partial charge in [-0.2, -0.15) is 0 Å². The predicted molar refractivity (Wildman–Crippen MR) is 98.1 cm³/mol. The zero-order chi connectivity index (χ0) is 17.4. The number of benzene rings is 1. The normalized spacial score (nSPS) is 19.4. The Kier molecular flexibility index (Phi) is 4.05. The fourth-order valence-electron chi connectivity index (χ4n) is 3.23. The zero-order valence-corrected chi connectivity index (χ0v) is 14.5. The largest absolute Gasteiger partial charge is 0.373 e. The van der Waals surface area contributed by atoms with Crippen LogP contribution in [0.4, 0.5) is 5.82 Å². The number of nitrogens with one attached hydrogen (secondary N) is 3. The third-order valence-electron chi connectivity index (χ3n) is 4.71. The molecule has 1 aromatic carbocycles. The average Bonchev–Trinajstić information content (AvgIpc) is 2.95. The lowest BCUT2D eigenvalue weighted by Gasteiger charge is -2.35. The number of para-hydroxylation sites is 1. The van der Waals surface area contributed by atoms with Gasteiger partial charge in [-0.25, -0.2) is 9.97 Å². The molecule has 0 atom stereocenters. The smallest absolute Gasteiger partial charge is 0.269 e. The van der Waals surface area contributed by atoms with Gasteiger partial charge in [-0.15, -0.1) is 0 Å². The van der Waals surface area contributed by atoms with Crippen molar-refractivity contribution in [3.63, 3.8) is 0 Å². The van der Waals surface area contributed by atoms with Crippen LogP contribution in [0.15, 0.2) is 36.7 Å². The van der Waals surface area contributed by atoms with E-state index in [0.717, 1.165) is 35.3 Å². The first-order chi connectivity index (χ1) is 12.2. The van der Waals surface area contributed by atoms with Crippen molar-refractivity contribution >= 4 is 34.2 Å². The van der Waals surface area contributed by atoms with Gasteiger partial charge in [-0.3, -0.25) is 4.79 Å². The Morgan fingerprint density at radius 3 is 2.84 bits per heavy atom. The predicted octanol–water partition coefficient (Wildman–Crippen LogP) is 3.33. The number of H-pyrrole nitrogens is 1. The molecule has 128 valence electrons. The quantitative estimate of drug-likeness (QED) is 0.670. The van der Waals surface area contributed by atoms with Gasteiger partial charge in [0.15, 0.2) is 0 Å². The molecule has 2 heterocycles. The number of aromatic amines is 1. The summed E-state index contributed by atoms with van der Waals surface area (Å²) in [4.78, 5) is 24.1. The van der Waals surface area contributed by atoms with Gasteiger partial charge < -0.3 is 15.6 Å². The minimum absolute atomic E-state index is 0.132. The highest BCUT2D eigenvalue weighted by Crippen LogP contribution is 2.36. The second-order valence-corrected chi connectivity index (χ2v) is 6.65. The van der Waals surface area contributed by atoms with Crippen LogP contribution in [0.5, 0.6) is 0 Å². The van der Waals surface area contributed by atoms with E-state index in [9.17, 15) is 4.79 Å². The van der Waals surface area contributed by atoms with Gasteiger partial charge in [0.1, 0.15) is 17.8 Å². The number of rotatable bonds is 4. The van der Waals surface area contributed by atoms with E-state index in [-0.39, 0.29) is 11.9 Å². The first-order valence-electron chi connectivity index (χ1n) is 8.22. The van der Waals surface area contributed by atoms with Crippen molar-refractivity contribution in [2.24, 2.45) is 0 Å². The highest BCUT2D eigenvalue weighted by atomic mass is 35.5. The van der Waals surface area contributed by atoms with E-state index in [1.807, 2.05) is 37.4 Å². The van der Waals surface area contributed by atoms with E-state index >= 15 is 0 Å². The zero-order valence-electron chi connectivity index (χ0n) is 13.7. The lowest BCUT2D eigenvalue weighted by atomic mass is 9.78. The van der Waals surface area contributed by atoms with Crippen molar-refractivity contribution < 1.29 is 4.79 Å². The van der Waals surface area contributed by atoms with Crippen LogP contribution in [-0.2, 0) is 0 Å². The summed E-state index contributed by atoms with van der Waals surface area (Å²) < 4.78 is 0. The summed E-state index contributed by atoms with van der Waals surface area (Å²) >= 11 is 6.34. The average molecular weight is 356 g/mol. The molecule has 1 amide bonds. The van der Waals surface area contributed by atoms with E-state index in [1.165, 1.54) is 0 Å². The van der Waals surface area contributed by atoms with Gasteiger partial charge in [0.2, 0.25) is 0 Å². The Labute approximate surface area is 150 Å². The highest BCUT2D eigenvalue weighted by molar-refractivity contribution is 6.38. The Bertz CT molecular complexity index is 932. The van der Waals surface area contributed by atoms with Gasteiger partial charge in [-0.05, 0) is 18.9 Å². The molecule has 7 heteroatoms. The van der Waals surface area contributed by atoms with Gasteiger partial charge in [0, 0.05) is 41.7 Å². The SMILES string of the molecule is CNc1cc(C2CC(NC(=O)c3[nH]c4ccccc4c3Cl)C2)ncn1. The lowest BCUT2D eigenvalue weighted by Crippen LogP contribution is -2.43. The molecule has 1 aliphatic rings. The van der Waals surface area contributed by atoms with Crippen molar-refractivity contribution in [2.75, 3.05) is 12.4 Å². The molecule has 3 aromatic rings. The number of carbonyl (C=O) groups excluding carboxylic acids is 1. The van der Waals surface area contributed by atoms with Crippen LogP contribution in [0.25, 0.3) is 10.9 Å². The topological polar surface area (TPSA) is 82.7 Å². The Balaban J connectivity index is 1.42. The Morgan fingerprint density at radius 2 is 2.08 bits per heavy atom. The highest BCUT2D eigenvalue weighted by Gasteiger charge is 2.33. The van der Waals surface area contributed by atoms with E-state index in [0.29, 0.717) is 16.6 Å². The van der Waals surface area contributed by atoms with Crippen molar-refractivity contribution in [1.29, 1.82) is 0 Å². The Hall–Kier alpha value is -2.60. The molecule has 2 aromatic heterocycles. The molecule has 0 saturated heterocycles. The maximum atomic E-state index is 12.5. The number of anilines is 1. The van der Waals surface area contributed by atoms with Crippen molar-refractivity contribution in [3.8, 4) is 0 Å². The first-order valence-corrected chi connectivity index (χ1v) is 8.60. The summed E-state index contributed by atoms with van der Waals surface area (Å²) in [5.41, 5.74) is 2.30. The molecule has 1 fully saturated rings. The maximum absolute atomic E-state index is 12.5. The number of aromatic nitrogens is 3. The van der Waals surface area contributed by atoms with Crippen LogP contribution < -0.4 is 10.6 Å². The van der Waals surface area contributed by atoms with Gasteiger partial charge in [0.05, 0.1) is 5.02 Å². The van der Waals surface area contributed by atoms with Crippen LogP contribution >= 0.6 is 11.6 Å². The van der Waals surface area contributed by atoms with E-state index in [2.05, 4.69) is 25.6 Å². The van der Waals surface area contributed by atoms with E-state index in [4.69, 9.17) is 11.6 Å². The third kappa shape index (κ3) is 2.93. The summed E-state index contributed by atoms with van der Waals surface area (Å²) in [6.45, 7) is 0.